The third-order valence-electron chi connectivity index (χ3n) is 6.54. The quantitative estimate of drug-likeness (QED) is 0.141. The molecule has 2 rings (SSSR count). The Morgan fingerprint density at radius 2 is 0.816 bits per heavy atom. The second-order valence-electron chi connectivity index (χ2n) is 13.5. The Hall–Kier alpha value is -2.95. The summed E-state index contributed by atoms with van der Waals surface area (Å²) >= 11 is 0. The van der Waals surface area contributed by atoms with Crippen molar-refractivity contribution in [2.24, 2.45) is 0 Å². The summed E-state index contributed by atoms with van der Waals surface area (Å²) in [5.74, 6) is -4.55. The standard InChI is InChI=1S/C30H50O17Si2/c1-15(31)37-13-21-23(25(39-17(3)33)27(40-18(4)34)29(43-21)42-20(6)36)45-30-28(41-19(5)35)26(47-49(10,11)12)24(46-48(7,8)9)22(44-30)14-38-16(2)32/h21-30H,13-14H2,1-12H3/t21?,22?,23-,24+,25?,26?,27?,28+,29?,30+/m1/s1. The smallest absolute Gasteiger partial charge is 0.305 e. The van der Waals surface area contributed by atoms with E-state index in [1.54, 1.807) is 0 Å². The van der Waals surface area contributed by atoms with Crippen molar-refractivity contribution < 1.29 is 80.3 Å². The molecule has 0 aromatic heterocycles. The van der Waals surface area contributed by atoms with Crippen LogP contribution in [-0.4, -0.2) is 127 Å². The van der Waals surface area contributed by atoms with Crippen LogP contribution in [0, 0.1) is 0 Å². The van der Waals surface area contributed by atoms with Gasteiger partial charge >= 0.3 is 35.8 Å². The fraction of sp³-hybridized carbons (Fsp3) is 0.800. The van der Waals surface area contributed by atoms with E-state index in [0.29, 0.717) is 0 Å². The Kier molecular flexibility index (Phi) is 15.4. The van der Waals surface area contributed by atoms with Crippen molar-refractivity contribution in [2.75, 3.05) is 13.2 Å². The molecule has 2 saturated heterocycles. The number of rotatable bonds is 14. The first kappa shape index (κ1) is 42.2. The van der Waals surface area contributed by atoms with Crippen LogP contribution < -0.4 is 0 Å². The molecule has 2 fully saturated rings. The maximum Gasteiger partial charge on any atom is 0.305 e. The summed E-state index contributed by atoms with van der Waals surface area (Å²) in [6.45, 7) is 17.5. The molecule has 0 saturated carbocycles. The monoisotopic (exact) mass is 738 g/mol. The first-order valence-electron chi connectivity index (χ1n) is 15.7. The second kappa shape index (κ2) is 17.8. The SMILES string of the molecule is CC(=O)OCC1OC(OC(C)=O)C(OC(C)=O)C(OC(C)=O)[C@@H]1O[C@@H]1OC(COC(C)=O)[C@H](O[Si](C)(C)C)C(O[Si](C)(C)C)[C@@H]1OC(C)=O. The molecule has 0 aliphatic carbocycles. The minimum atomic E-state index is -2.47. The van der Waals surface area contributed by atoms with Gasteiger partial charge in [0.2, 0.25) is 12.4 Å². The number of esters is 6. The maximum atomic E-state index is 12.6. The minimum Gasteiger partial charge on any atom is -0.463 e. The molecule has 0 amide bonds. The first-order chi connectivity index (χ1) is 22.5. The number of ether oxygens (including phenoxy) is 9. The molecular weight excluding hydrogens is 688 g/mol. The molecule has 49 heavy (non-hydrogen) atoms. The Morgan fingerprint density at radius 1 is 0.449 bits per heavy atom. The normalized spacial score (nSPS) is 30.4. The fourth-order valence-corrected chi connectivity index (χ4v) is 7.35. The van der Waals surface area contributed by atoms with Gasteiger partial charge < -0.3 is 51.5 Å². The molecule has 0 aromatic rings. The van der Waals surface area contributed by atoms with E-state index in [1.165, 1.54) is 13.8 Å². The van der Waals surface area contributed by atoms with Crippen molar-refractivity contribution >= 4 is 52.5 Å². The summed E-state index contributed by atoms with van der Waals surface area (Å²) in [7, 11) is -4.86. The zero-order valence-electron chi connectivity index (χ0n) is 30.1. The summed E-state index contributed by atoms with van der Waals surface area (Å²) in [6.07, 6.45) is -13.4. The second-order valence-corrected chi connectivity index (χ2v) is 22.4. The molecule has 280 valence electrons. The van der Waals surface area contributed by atoms with Crippen LogP contribution in [0.4, 0.5) is 0 Å². The number of carbonyl (C=O) groups is 6. The van der Waals surface area contributed by atoms with Gasteiger partial charge in [0, 0.05) is 41.5 Å². The minimum absolute atomic E-state index is 0.307. The molecule has 17 nitrogen and oxygen atoms in total. The van der Waals surface area contributed by atoms with Crippen molar-refractivity contribution in [1.82, 2.24) is 0 Å². The van der Waals surface area contributed by atoms with Crippen LogP contribution in [-0.2, 0) is 80.3 Å². The van der Waals surface area contributed by atoms with E-state index < -0.39 is 120 Å². The number of hydrogen-bond donors (Lipinski definition) is 0. The molecule has 19 heteroatoms. The molecule has 0 aromatic carbocycles. The predicted octanol–water partition coefficient (Wildman–Crippen LogP) is 1.75. The van der Waals surface area contributed by atoms with Crippen LogP contribution in [0.2, 0.25) is 39.3 Å². The van der Waals surface area contributed by atoms with Crippen molar-refractivity contribution in [3.05, 3.63) is 0 Å². The van der Waals surface area contributed by atoms with Gasteiger partial charge in [0.05, 0.1) is 0 Å². The van der Waals surface area contributed by atoms with Gasteiger partial charge in [-0.15, -0.1) is 0 Å². The van der Waals surface area contributed by atoms with E-state index in [9.17, 15) is 28.8 Å². The topological polar surface area (TPSA) is 204 Å². The Morgan fingerprint density at radius 3 is 1.22 bits per heavy atom. The van der Waals surface area contributed by atoms with Gasteiger partial charge in [-0.2, -0.15) is 0 Å². The van der Waals surface area contributed by atoms with Gasteiger partial charge in [-0.1, -0.05) is 0 Å². The Labute approximate surface area is 288 Å². The highest BCUT2D eigenvalue weighted by atomic mass is 28.4. The summed E-state index contributed by atoms with van der Waals surface area (Å²) in [6, 6.07) is 0. The molecule has 2 aliphatic rings. The summed E-state index contributed by atoms with van der Waals surface area (Å²) in [5, 5.41) is 0. The zero-order chi connectivity index (χ0) is 37.4. The average Bonchev–Trinajstić information content (AvgIpc) is 2.90. The highest BCUT2D eigenvalue weighted by molar-refractivity contribution is 6.70. The maximum absolute atomic E-state index is 12.6. The molecule has 2 aliphatic heterocycles. The molecule has 0 radical (unpaired) electrons. The Bertz CT molecular complexity index is 1200. The largest absolute Gasteiger partial charge is 0.463 e. The van der Waals surface area contributed by atoms with E-state index in [-0.39, 0.29) is 6.61 Å². The van der Waals surface area contributed by atoms with Crippen molar-refractivity contribution in [1.29, 1.82) is 0 Å². The van der Waals surface area contributed by atoms with E-state index in [2.05, 4.69) is 0 Å². The zero-order valence-corrected chi connectivity index (χ0v) is 32.1. The first-order valence-corrected chi connectivity index (χ1v) is 22.6. The number of carbonyl (C=O) groups excluding carboxylic acids is 6. The molecule has 0 bridgehead atoms. The summed E-state index contributed by atoms with van der Waals surface area (Å²) < 4.78 is 64.5. The van der Waals surface area contributed by atoms with Crippen LogP contribution in [0.3, 0.4) is 0 Å². The van der Waals surface area contributed by atoms with E-state index in [4.69, 9.17) is 51.5 Å². The van der Waals surface area contributed by atoms with Gasteiger partial charge in [0.15, 0.2) is 35.1 Å². The fourth-order valence-electron chi connectivity index (χ4n) is 5.16. The van der Waals surface area contributed by atoms with Gasteiger partial charge in [-0.05, 0) is 39.3 Å². The van der Waals surface area contributed by atoms with Crippen molar-refractivity contribution in [2.45, 2.75) is 142 Å². The third-order valence-corrected chi connectivity index (χ3v) is 8.50. The molecule has 6 unspecified atom stereocenters. The van der Waals surface area contributed by atoms with Gasteiger partial charge in [-0.3, -0.25) is 28.8 Å². The molecule has 2 heterocycles. The lowest BCUT2D eigenvalue weighted by Gasteiger charge is -2.50. The predicted molar refractivity (Wildman–Crippen MR) is 170 cm³/mol. The van der Waals surface area contributed by atoms with E-state index in [0.717, 1.165) is 27.7 Å². The van der Waals surface area contributed by atoms with Crippen LogP contribution in [0.1, 0.15) is 41.5 Å². The lowest BCUT2D eigenvalue weighted by Crippen LogP contribution is -2.68. The number of hydrogen-bond acceptors (Lipinski definition) is 17. The van der Waals surface area contributed by atoms with Crippen LogP contribution in [0.25, 0.3) is 0 Å². The molecule has 0 spiro atoms. The lowest BCUT2D eigenvalue weighted by atomic mass is 9.96. The summed E-state index contributed by atoms with van der Waals surface area (Å²) in [4.78, 5) is 73.1. The average molecular weight is 739 g/mol. The lowest BCUT2D eigenvalue weighted by molar-refractivity contribution is -0.355. The van der Waals surface area contributed by atoms with E-state index in [1.807, 2.05) is 39.3 Å². The molecule has 0 N–H and O–H groups in total. The highest BCUT2D eigenvalue weighted by Crippen LogP contribution is 2.37. The molecule has 10 atom stereocenters. The van der Waals surface area contributed by atoms with Crippen LogP contribution >= 0.6 is 0 Å². The van der Waals surface area contributed by atoms with Crippen molar-refractivity contribution in [3.8, 4) is 0 Å². The van der Waals surface area contributed by atoms with Crippen LogP contribution in [0.5, 0.6) is 0 Å². The van der Waals surface area contributed by atoms with Crippen LogP contribution in [0.15, 0.2) is 0 Å². The van der Waals surface area contributed by atoms with Gasteiger partial charge in [0.25, 0.3) is 0 Å². The van der Waals surface area contributed by atoms with Gasteiger partial charge in [-0.25, -0.2) is 0 Å². The summed E-state index contributed by atoms with van der Waals surface area (Å²) in [5.41, 5.74) is 0. The Balaban J connectivity index is 2.78. The van der Waals surface area contributed by atoms with E-state index >= 15 is 0 Å². The molecular formula is C30H50O17Si2. The van der Waals surface area contributed by atoms with Gasteiger partial charge in [0.1, 0.15) is 43.7 Å². The highest BCUT2D eigenvalue weighted by Gasteiger charge is 2.57. The third kappa shape index (κ3) is 14.1. The van der Waals surface area contributed by atoms with Crippen molar-refractivity contribution in [3.63, 3.8) is 0 Å².